The van der Waals surface area contributed by atoms with Crippen molar-refractivity contribution in [2.75, 3.05) is 238 Å². The van der Waals surface area contributed by atoms with E-state index in [1.807, 2.05) is 30.3 Å². The van der Waals surface area contributed by atoms with E-state index < -0.39 is 11.9 Å². The first kappa shape index (κ1) is 77.2. The van der Waals surface area contributed by atoms with E-state index in [1.54, 1.807) is 0 Å². The van der Waals surface area contributed by atoms with Gasteiger partial charge >= 0.3 is 0 Å². The van der Waals surface area contributed by atoms with Gasteiger partial charge < -0.3 is 100 Å². The highest BCUT2D eigenvalue weighted by Gasteiger charge is 2.39. The highest BCUT2D eigenvalue weighted by molar-refractivity contribution is 5.22. The second-order valence-corrected chi connectivity index (χ2v) is 18.8. The molecule has 1 aromatic carbocycles. The molecule has 0 aliphatic heterocycles. The quantitative estimate of drug-likeness (QED) is 0.0500. The Hall–Kier alpha value is -1.78. The van der Waals surface area contributed by atoms with E-state index in [4.69, 9.17) is 95.1 Å². The maximum absolute atomic E-state index is 12.1. The molecule has 1 aromatic rings. The van der Waals surface area contributed by atoms with Gasteiger partial charge in [-0.25, -0.2) is 0 Å². The summed E-state index contributed by atoms with van der Waals surface area (Å²) < 4.78 is 107. The Kier molecular flexibility index (Phi) is 62.7. The molecule has 0 saturated heterocycles. The molecule has 0 radical (unpaired) electrons. The number of hydrogen-bond donors (Lipinski definition) is 2. The van der Waals surface area contributed by atoms with Gasteiger partial charge in [-0.15, -0.1) is 0 Å². The molecule has 0 fully saturated rings. The third kappa shape index (κ3) is 57.1. The summed E-state index contributed by atoms with van der Waals surface area (Å²) in [6.45, 7) is 21.0. The van der Waals surface area contributed by atoms with Crippen molar-refractivity contribution < 1.29 is 100 Å². The maximum Gasteiger partial charge on any atom is 0.234 e. The molecule has 480 valence electrons. The number of ether oxygens (including phenoxy) is 19. The van der Waals surface area contributed by atoms with E-state index >= 15 is 0 Å². The predicted octanol–water partition coefficient (Wildman–Crippen LogP) is 6.91. The molecule has 81 heavy (non-hydrogen) atoms. The fourth-order valence-corrected chi connectivity index (χ4v) is 7.61. The van der Waals surface area contributed by atoms with Crippen LogP contribution in [0, 0.1) is 0 Å². The molecule has 0 aliphatic carbocycles. The number of benzene rings is 1. The first-order valence-corrected chi connectivity index (χ1v) is 30.7. The average molecular weight is 1170 g/mol. The maximum atomic E-state index is 12.1. The second-order valence-electron chi connectivity index (χ2n) is 18.8. The molecule has 21 heteroatoms. The first-order chi connectivity index (χ1) is 40.2. The van der Waals surface area contributed by atoms with Gasteiger partial charge in [0.1, 0.15) is 11.9 Å². The monoisotopic (exact) mass is 1170 g/mol. The lowest BCUT2D eigenvalue weighted by atomic mass is 9.96. The zero-order valence-electron chi connectivity index (χ0n) is 50.5. The number of aliphatic hydroxyl groups excluding tert-OH is 1. The van der Waals surface area contributed by atoms with Crippen molar-refractivity contribution >= 4 is 0 Å². The topological polar surface area (TPSA) is 216 Å². The van der Waals surface area contributed by atoms with E-state index in [-0.39, 0.29) is 6.61 Å². The summed E-state index contributed by atoms with van der Waals surface area (Å²) in [5.41, 5.74) is 0. The summed E-state index contributed by atoms with van der Waals surface area (Å²) in [6, 6.07) is 9.61. The third-order valence-electron chi connectivity index (χ3n) is 12.0. The van der Waals surface area contributed by atoms with Crippen LogP contribution in [0.2, 0.25) is 0 Å². The van der Waals surface area contributed by atoms with Gasteiger partial charge in [-0.05, 0) is 25.0 Å². The predicted molar refractivity (Wildman–Crippen MR) is 309 cm³/mol. The summed E-state index contributed by atoms with van der Waals surface area (Å²) in [6.07, 6.45) is 14.6. The van der Waals surface area contributed by atoms with Crippen molar-refractivity contribution in [3.05, 3.63) is 30.3 Å². The van der Waals surface area contributed by atoms with Crippen LogP contribution in [-0.4, -0.2) is 260 Å². The zero-order chi connectivity index (χ0) is 58.0. The van der Waals surface area contributed by atoms with Crippen molar-refractivity contribution in [2.45, 2.75) is 116 Å². The van der Waals surface area contributed by atoms with Crippen LogP contribution in [-0.2, 0) is 85.3 Å². The van der Waals surface area contributed by atoms with Gasteiger partial charge in [0.2, 0.25) is 5.79 Å². The first-order valence-electron chi connectivity index (χ1n) is 30.7. The van der Waals surface area contributed by atoms with Crippen molar-refractivity contribution in [1.82, 2.24) is 0 Å². The van der Waals surface area contributed by atoms with E-state index in [1.165, 1.54) is 51.4 Å². The van der Waals surface area contributed by atoms with Crippen LogP contribution < -0.4 is 4.74 Å². The van der Waals surface area contributed by atoms with Crippen molar-refractivity contribution in [3.63, 3.8) is 0 Å². The van der Waals surface area contributed by atoms with Gasteiger partial charge in [-0.2, -0.15) is 0 Å². The van der Waals surface area contributed by atoms with Crippen LogP contribution in [0.3, 0.4) is 0 Å². The summed E-state index contributed by atoms with van der Waals surface area (Å²) in [5, 5.41) is 20.7. The molecule has 0 bridgehead atoms. The van der Waals surface area contributed by atoms with Crippen LogP contribution >= 0.6 is 0 Å². The minimum absolute atomic E-state index is 0.0186. The minimum Gasteiger partial charge on any atom is -0.460 e. The zero-order valence-corrected chi connectivity index (χ0v) is 50.5. The normalized spacial score (nSPS) is 12.9. The molecular formula is C60H114O21. The van der Waals surface area contributed by atoms with Gasteiger partial charge in [-0.1, -0.05) is 103 Å². The Labute approximate surface area is 488 Å². The van der Waals surface area contributed by atoms with Gasteiger partial charge in [0.05, 0.1) is 238 Å². The molecule has 1 rings (SSSR count). The largest absolute Gasteiger partial charge is 0.460 e. The summed E-state index contributed by atoms with van der Waals surface area (Å²) in [5.74, 6) is -0.757. The van der Waals surface area contributed by atoms with Gasteiger partial charge in [0, 0.05) is 6.42 Å². The minimum atomic E-state index is -1.41. The van der Waals surface area contributed by atoms with E-state index in [2.05, 4.69) is 13.8 Å². The number of rotatable bonds is 71. The Bertz CT molecular complexity index is 1310. The van der Waals surface area contributed by atoms with Gasteiger partial charge in [0.15, 0.2) is 0 Å². The lowest BCUT2D eigenvalue weighted by Gasteiger charge is -2.36. The van der Waals surface area contributed by atoms with Gasteiger partial charge in [0.25, 0.3) is 0 Å². The Morgan fingerprint density at radius 1 is 0.309 bits per heavy atom. The lowest BCUT2D eigenvalue weighted by Crippen LogP contribution is -2.49. The molecule has 0 spiro atoms. The fraction of sp³-hybridized carbons (Fsp3) is 0.900. The summed E-state index contributed by atoms with van der Waals surface area (Å²) in [4.78, 5) is 0. The molecule has 2 N–H and O–H groups in total. The van der Waals surface area contributed by atoms with Crippen LogP contribution in [0.5, 0.6) is 5.75 Å². The fourth-order valence-electron chi connectivity index (χ4n) is 7.61. The molecule has 2 unspecified atom stereocenters. The second kappa shape index (κ2) is 65.8. The Morgan fingerprint density at radius 3 is 0.840 bits per heavy atom. The van der Waals surface area contributed by atoms with Crippen molar-refractivity contribution in [3.8, 4) is 5.75 Å². The van der Waals surface area contributed by atoms with E-state index in [9.17, 15) is 5.11 Å². The molecule has 0 heterocycles. The number of hydrogen-bond acceptors (Lipinski definition) is 21. The highest BCUT2D eigenvalue weighted by Crippen LogP contribution is 2.30. The van der Waals surface area contributed by atoms with Crippen LogP contribution in [0.25, 0.3) is 0 Å². The molecule has 0 aliphatic rings. The average Bonchev–Trinajstić information content (AvgIpc) is 3.47. The molecule has 0 amide bonds. The van der Waals surface area contributed by atoms with E-state index in [0.717, 1.165) is 32.1 Å². The van der Waals surface area contributed by atoms with Crippen molar-refractivity contribution in [1.29, 1.82) is 0 Å². The molecule has 21 nitrogen and oxygen atoms in total. The van der Waals surface area contributed by atoms with Crippen molar-refractivity contribution in [2.24, 2.45) is 0 Å². The van der Waals surface area contributed by atoms with Crippen LogP contribution in [0.1, 0.15) is 104 Å². The number of unbranched alkanes of at least 4 members (excludes halogenated alkanes) is 10. The third-order valence-corrected chi connectivity index (χ3v) is 12.0. The molecule has 2 atom stereocenters. The van der Waals surface area contributed by atoms with Crippen LogP contribution in [0.15, 0.2) is 30.3 Å². The number of aliphatic hydroxyl groups is 2. The summed E-state index contributed by atoms with van der Waals surface area (Å²) in [7, 11) is 0. The molecule has 0 saturated carbocycles. The Balaban J connectivity index is 1.84. The van der Waals surface area contributed by atoms with Crippen LogP contribution in [0.4, 0.5) is 0 Å². The number of para-hydroxylation sites is 1. The smallest absolute Gasteiger partial charge is 0.234 e. The van der Waals surface area contributed by atoms with Gasteiger partial charge in [-0.3, -0.25) is 0 Å². The molecular weight excluding hydrogens is 1060 g/mol. The SMILES string of the molecule is CCCCCCCCC(OCCOCCOCCOCCOCCOCCOCCOCCOCCOCCOCCOCCOCCOCCOCCOCCOCCOCCO)C(O)(CCCCCCCC)Oc1ccccc1. The van der Waals surface area contributed by atoms with E-state index in [0.29, 0.717) is 243 Å². The summed E-state index contributed by atoms with van der Waals surface area (Å²) >= 11 is 0. The Morgan fingerprint density at radius 2 is 0.556 bits per heavy atom. The highest BCUT2D eigenvalue weighted by atomic mass is 16.7. The standard InChI is InChI=1S/C60H114O21/c1-3-5-7-9-11-16-20-59(60(62,21-17-12-10-8-6-4-2)81-58-18-14-13-15-19-58)80-57-56-79-55-54-78-53-52-77-51-50-76-49-48-75-47-46-74-45-44-73-43-42-72-41-40-71-39-38-70-37-36-69-35-34-68-33-32-67-31-30-66-29-28-65-27-26-64-25-24-63-23-22-61/h13-15,18-19,59,61-62H,3-12,16-17,20-57H2,1-2H3. The lowest BCUT2D eigenvalue weighted by molar-refractivity contribution is -0.229. The molecule has 0 aromatic heterocycles.